The number of aryl methyl sites for hydroxylation is 1. The molecule has 0 aliphatic carbocycles. The molecule has 1 atom stereocenters. The van der Waals surface area contributed by atoms with Crippen LogP contribution in [0.2, 0.25) is 0 Å². The van der Waals surface area contributed by atoms with Crippen LogP contribution in [0.4, 0.5) is 0 Å². The number of rotatable bonds is 7. The lowest BCUT2D eigenvalue weighted by Gasteiger charge is -2.26. The van der Waals surface area contributed by atoms with Crippen LogP contribution >= 0.6 is 0 Å². The van der Waals surface area contributed by atoms with Gasteiger partial charge >= 0.3 is 0 Å². The van der Waals surface area contributed by atoms with Gasteiger partial charge < -0.3 is 10.1 Å². The number of likely N-dealkylation sites (tertiary alicyclic amines) is 1. The molecule has 0 saturated carbocycles. The third-order valence-electron chi connectivity index (χ3n) is 4.24. The van der Waals surface area contributed by atoms with Gasteiger partial charge in [0, 0.05) is 24.7 Å². The second-order valence-electron chi connectivity index (χ2n) is 6.63. The van der Waals surface area contributed by atoms with Crippen molar-refractivity contribution in [3.63, 3.8) is 0 Å². The van der Waals surface area contributed by atoms with E-state index in [0.717, 1.165) is 31.3 Å². The van der Waals surface area contributed by atoms with E-state index >= 15 is 0 Å². The Morgan fingerprint density at radius 3 is 2.90 bits per heavy atom. The SMILES string of the molecule is COc1ccc(C)cc1CN1CCCC1CNCC(C)C. The summed E-state index contributed by atoms with van der Waals surface area (Å²) in [5.41, 5.74) is 2.62. The maximum Gasteiger partial charge on any atom is 0.123 e. The van der Waals surface area contributed by atoms with Gasteiger partial charge in [-0.3, -0.25) is 4.90 Å². The van der Waals surface area contributed by atoms with Crippen molar-refractivity contribution in [2.45, 2.75) is 46.2 Å². The molecule has 0 bridgehead atoms. The monoisotopic (exact) mass is 290 g/mol. The maximum atomic E-state index is 5.52. The molecule has 1 aromatic rings. The van der Waals surface area contributed by atoms with E-state index in [9.17, 15) is 0 Å². The Morgan fingerprint density at radius 1 is 1.38 bits per heavy atom. The Bertz CT molecular complexity index is 445. The Labute approximate surface area is 129 Å². The smallest absolute Gasteiger partial charge is 0.123 e. The summed E-state index contributed by atoms with van der Waals surface area (Å²) < 4.78 is 5.52. The summed E-state index contributed by atoms with van der Waals surface area (Å²) in [7, 11) is 1.76. The van der Waals surface area contributed by atoms with Gasteiger partial charge in [-0.2, -0.15) is 0 Å². The first-order valence-electron chi connectivity index (χ1n) is 8.18. The molecule has 1 aliphatic rings. The summed E-state index contributed by atoms with van der Waals surface area (Å²) in [6.07, 6.45) is 2.61. The molecule has 1 heterocycles. The minimum Gasteiger partial charge on any atom is -0.496 e. The largest absolute Gasteiger partial charge is 0.496 e. The molecule has 1 unspecified atom stereocenters. The second kappa shape index (κ2) is 7.81. The van der Waals surface area contributed by atoms with E-state index in [-0.39, 0.29) is 0 Å². The van der Waals surface area contributed by atoms with Crippen LogP contribution in [0.5, 0.6) is 5.75 Å². The topological polar surface area (TPSA) is 24.5 Å². The summed E-state index contributed by atoms with van der Waals surface area (Å²) in [5, 5.41) is 3.61. The van der Waals surface area contributed by atoms with Gasteiger partial charge in [0.2, 0.25) is 0 Å². The summed E-state index contributed by atoms with van der Waals surface area (Å²) in [6, 6.07) is 7.13. The van der Waals surface area contributed by atoms with Crippen LogP contribution < -0.4 is 10.1 Å². The van der Waals surface area contributed by atoms with Crippen molar-refractivity contribution >= 4 is 0 Å². The standard InChI is InChI=1S/C18H30N2O/c1-14(2)11-19-12-17-6-5-9-20(17)13-16-10-15(3)7-8-18(16)21-4/h7-8,10,14,17,19H,5-6,9,11-13H2,1-4H3. The van der Waals surface area contributed by atoms with Crippen LogP contribution in [0.15, 0.2) is 18.2 Å². The van der Waals surface area contributed by atoms with Gasteiger partial charge in [-0.1, -0.05) is 31.5 Å². The number of methoxy groups -OCH3 is 1. The molecule has 0 radical (unpaired) electrons. The predicted molar refractivity (Wildman–Crippen MR) is 88.9 cm³/mol. The lowest BCUT2D eigenvalue weighted by Crippen LogP contribution is -2.38. The van der Waals surface area contributed by atoms with E-state index in [1.54, 1.807) is 7.11 Å². The summed E-state index contributed by atoms with van der Waals surface area (Å²) in [5.74, 6) is 1.73. The molecule has 1 saturated heterocycles. The molecular weight excluding hydrogens is 260 g/mol. The van der Waals surface area contributed by atoms with Gasteiger partial charge in [-0.05, 0) is 44.8 Å². The molecule has 1 aliphatic heterocycles. The second-order valence-corrected chi connectivity index (χ2v) is 6.63. The van der Waals surface area contributed by atoms with Gasteiger partial charge in [0.1, 0.15) is 5.75 Å². The van der Waals surface area contributed by atoms with Crippen molar-refractivity contribution < 1.29 is 4.74 Å². The van der Waals surface area contributed by atoms with Crippen LogP contribution in [-0.2, 0) is 6.54 Å². The van der Waals surface area contributed by atoms with Crippen molar-refractivity contribution in [2.75, 3.05) is 26.7 Å². The average molecular weight is 290 g/mol. The third-order valence-corrected chi connectivity index (χ3v) is 4.24. The predicted octanol–water partition coefficient (Wildman–Crippen LogP) is 3.21. The number of hydrogen-bond donors (Lipinski definition) is 1. The number of nitrogens with one attached hydrogen (secondary N) is 1. The van der Waals surface area contributed by atoms with Crippen molar-refractivity contribution in [1.82, 2.24) is 10.2 Å². The zero-order chi connectivity index (χ0) is 15.2. The summed E-state index contributed by atoms with van der Waals surface area (Å²) in [6.45, 7) is 11.1. The molecule has 0 aromatic heterocycles. The maximum absolute atomic E-state index is 5.52. The van der Waals surface area contributed by atoms with Gasteiger partial charge in [-0.15, -0.1) is 0 Å². The lowest BCUT2D eigenvalue weighted by atomic mass is 10.1. The minimum absolute atomic E-state index is 0.661. The first-order chi connectivity index (χ1) is 10.1. The first kappa shape index (κ1) is 16.3. The molecular formula is C18H30N2O. The van der Waals surface area contributed by atoms with E-state index in [1.807, 2.05) is 0 Å². The Kier molecular flexibility index (Phi) is 6.07. The number of nitrogens with zero attached hydrogens (tertiary/aromatic N) is 1. The normalized spacial score (nSPS) is 19.4. The highest BCUT2D eigenvalue weighted by Gasteiger charge is 2.24. The van der Waals surface area contributed by atoms with Crippen LogP contribution in [-0.4, -0.2) is 37.7 Å². The first-order valence-corrected chi connectivity index (χ1v) is 8.18. The van der Waals surface area contributed by atoms with Crippen LogP contribution in [0.1, 0.15) is 37.8 Å². The van der Waals surface area contributed by atoms with Crippen molar-refractivity contribution in [3.05, 3.63) is 29.3 Å². The van der Waals surface area contributed by atoms with Gasteiger partial charge in [0.25, 0.3) is 0 Å². The van der Waals surface area contributed by atoms with Crippen molar-refractivity contribution in [3.8, 4) is 5.75 Å². The highest BCUT2D eigenvalue weighted by Crippen LogP contribution is 2.25. The summed E-state index contributed by atoms with van der Waals surface area (Å²) >= 11 is 0. The van der Waals surface area contributed by atoms with Gasteiger partial charge in [0.05, 0.1) is 7.11 Å². The molecule has 0 spiro atoms. The lowest BCUT2D eigenvalue weighted by molar-refractivity contribution is 0.234. The van der Waals surface area contributed by atoms with E-state index in [2.05, 4.69) is 49.2 Å². The zero-order valence-electron chi connectivity index (χ0n) is 14.0. The number of hydrogen-bond acceptors (Lipinski definition) is 3. The Balaban J connectivity index is 1.96. The van der Waals surface area contributed by atoms with E-state index < -0.39 is 0 Å². The molecule has 21 heavy (non-hydrogen) atoms. The van der Waals surface area contributed by atoms with Crippen LogP contribution in [0.25, 0.3) is 0 Å². The Hall–Kier alpha value is -1.06. The van der Waals surface area contributed by atoms with Crippen LogP contribution in [0.3, 0.4) is 0 Å². The molecule has 118 valence electrons. The van der Waals surface area contributed by atoms with E-state index in [0.29, 0.717) is 6.04 Å². The average Bonchev–Trinajstić information content (AvgIpc) is 2.86. The molecule has 2 rings (SSSR count). The van der Waals surface area contributed by atoms with Crippen molar-refractivity contribution in [1.29, 1.82) is 0 Å². The van der Waals surface area contributed by atoms with E-state index in [1.165, 1.54) is 30.5 Å². The van der Waals surface area contributed by atoms with Gasteiger partial charge in [-0.25, -0.2) is 0 Å². The van der Waals surface area contributed by atoms with Crippen molar-refractivity contribution in [2.24, 2.45) is 5.92 Å². The number of ether oxygens (including phenoxy) is 1. The molecule has 1 fully saturated rings. The third kappa shape index (κ3) is 4.72. The fourth-order valence-corrected chi connectivity index (χ4v) is 3.12. The Morgan fingerprint density at radius 2 is 2.19 bits per heavy atom. The fourth-order valence-electron chi connectivity index (χ4n) is 3.12. The van der Waals surface area contributed by atoms with E-state index in [4.69, 9.17) is 4.74 Å². The highest BCUT2D eigenvalue weighted by atomic mass is 16.5. The minimum atomic E-state index is 0.661. The molecule has 3 nitrogen and oxygen atoms in total. The molecule has 3 heteroatoms. The molecule has 1 N–H and O–H groups in total. The number of benzene rings is 1. The fraction of sp³-hybridized carbons (Fsp3) is 0.667. The molecule has 1 aromatic carbocycles. The van der Waals surface area contributed by atoms with Gasteiger partial charge in [0.15, 0.2) is 0 Å². The molecule has 0 amide bonds. The van der Waals surface area contributed by atoms with Crippen LogP contribution in [0, 0.1) is 12.8 Å². The highest BCUT2D eigenvalue weighted by molar-refractivity contribution is 5.36. The summed E-state index contributed by atoms with van der Waals surface area (Å²) in [4.78, 5) is 2.60. The zero-order valence-corrected chi connectivity index (χ0v) is 14.0. The quantitative estimate of drug-likeness (QED) is 0.834.